The van der Waals surface area contributed by atoms with Crippen molar-refractivity contribution >= 4 is 11.8 Å². The fraction of sp³-hybridized carbons (Fsp3) is 0.364. The first-order valence-electron chi connectivity index (χ1n) is 5.18. The number of nitrogens with zero attached hydrogens (tertiary/aromatic N) is 2. The summed E-state index contributed by atoms with van der Waals surface area (Å²) in [6.07, 6.45) is 6.14. The molecule has 0 aliphatic heterocycles. The smallest absolute Gasteiger partial charge is 0.331 e. The molecule has 0 bridgehead atoms. The van der Waals surface area contributed by atoms with Gasteiger partial charge in [0.25, 0.3) is 5.88 Å². The molecule has 0 aromatic carbocycles. The van der Waals surface area contributed by atoms with Crippen molar-refractivity contribution < 1.29 is 9.66 Å². The number of ether oxygens (including phenoxy) is 1. The number of hydrogen-bond donors (Lipinski definition) is 1. The van der Waals surface area contributed by atoms with Gasteiger partial charge < -0.3 is 10.1 Å². The molecule has 0 amide bonds. The Morgan fingerprint density at radius 1 is 1.65 bits per heavy atom. The van der Waals surface area contributed by atoms with Gasteiger partial charge in [0, 0.05) is 12.3 Å². The number of pyridine rings is 1. The molecule has 0 saturated heterocycles. The number of hydrogen-bond acceptors (Lipinski definition) is 5. The maximum absolute atomic E-state index is 10.8. The van der Waals surface area contributed by atoms with Gasteiger partial charge >= 0.3 is 5.69 Å². The minimum Gasteiger partial charge on any atom is -0.476 e. The van der Waals surface area contributed by atoms with E-state index >= 15 is 0 Å². The second-order valence-electron chi connectivity index (χ2n) is 3.35. The van der Waals surface area contributed by atoms with E-state index in [9.17, 15) is 10.1 Å². The fourth-order valence-electron chi connectivity index (χ4n) is 1.28. The highest BCUT2D eigenvalue weighted by atomic mass is 16.6. The molecule has 0 aliphatic rings. The summed E-state index contributed by atoms with van der Waals surface area (Å²) in [4.78, 5) is 14.1. The number of nitrogens with one attached hydrogen (secondary N) is 1. The van der Waals surface area contributed by atoms with Gasteiger partial charge in [-0.15, -0.1) is 0 Å². The Balaban J connectivity index is 2.85. The van der Waals surface area contributed by atoms with Gasteiger partial charge in [-0.1, -0.05) is 12.2 Å². The second-order valence-corrected chi connectivity index (χ2v) is 3.35. The molecule has 1 aromatic heterocycles. The van der Waals surface area contributed by atoms with Crippen LogP contribution in [0.5, 0.6) is 5.88 Å². The fourth-order valence-corrected chi connectivity index (χ4v) is 1.28. The molecule has 1 heterocycles. The van der Waals surface area contributed by atoms with Crippen LogP contribution in [0.1, 0.15) is 12.0 Å². The summed E-state index contributed by atoms with van der Waals surface area (Å²) >= 11 is 0. The van der Waals surface area contributed by atoms with Crippen LogP contribution in [0.2, 0.25) is 0 Å². The van der Waals surface area contributed by atoms with Gasteiger partial charge in [-0.25, -0.2) is 4.98 Å². The molecule has 6 heteroatoms. The zero-order valence-corrected chi connectivity index (χ0v) is 9.84. The van der Waals surface area contributed by atoms with Gasteiger partial charge in [0.1, 0.15) is 0 Å². The van der Waals surface area contributed by atoms with Crippen molar-refractivity contribution in [2.45, 2.75) is 6.42 Å². The van der Waals surface area contributed by atoms with Gasteiger partial charge in [0.15, 0.2) is 0 Å². The summed E-state index contributed by atoms with van der Waals surface area (Å²) in [5.74, 6) is 0.0300. The van der Waals surface area contributed by atoms with Crippen LogP contribution in [0, 0.1) is 10.1 Å². The van der Waals surface area contributed by atoms with Crippen molar-refractivity contribution in [3.05, 3.63) is 34.0 Å². The molecule has 0 spiro atoms. The highest BCUT2D eigenvalue weighted by Gasteiger charge is 2.15. The number of nitro groups is 1. The molecule has 1 rings (SSSR count). The van der Waals surface area contributed by atoms with Crippen LogP contribution in [-0.4, -0.2) is 30.6 Å². The normalized spacial score (nSPS) is 10.7. The van der Waals surface area contributed by atoms with E-state index in [-0.39, 0.29) is 11.6 Å². The monoisotopic (exact) mass is 237 g/mol. The summed E-state index contributed by atoms with van der Waals surface area (Å²) in [5, 5.41) is 13.8. The first-order chi connectivity index (χ1) is 8.19. The van der Waals surface area contributed by atoms with Crippen molar-refractivity contribution in [1.82, 2.24) is 10.3 Å². The lowest BCUT2D eigenvalue weighted by Gasteiger charge is -2.00. The van der Waals surface area contributed by atoms with E-state index in [2.05, 4.69) is 10.3 Å². The maximum atomic E-state index is 10.8. The van der Waals surface area contributed by atoms with Crippen molar-refractivity contribution in [2.75, 3.05) is 20.7 Å². The summed E-state index contributed by atoms with van der Waals surface area (Å²) in [5.41, 5.74) is 0.567. The quantitative estimate of drug-likeness (QED) is 0.462. The average molecular weight is 237 g/mol. The topological polar surface area (TPSA) is 77.3 Å². The zero-order chi connectivity index (χ0) is 12.7. The standard InChI is InChI=1S/C11H15N3O3/c1-12-6-4-3-5-9-7-10(14(15)16)11(17-2)13-8-9/h3,5,7-8,12H,4,6H2,1-2H3. The summed E-state index contributed by atoms with van der Waals surface area (Å²) in [7, 11) is 3.23. The Hall–Kier alpha value is -1.95. The molecule has 0 aliphatic carbocycles. The van der Waals surface area contributed by atoms with Gasteiger partial charge in [0.05, 0.1) is 12.0 Å². The largest absolute Gasteiger partial charge is 0.476 e. The Morgan fingerprint density at radius 2 is 2.41 bits per heavy atom. The van der Waals surface area contributed by atoms with E-state index in [1.807, 2.05) is 13.1 Å². The Kier molecular flexibility index (Phi) is 5.09. The SMILES string of the molecule is CNCCC=Cc1cnc(OC)c([N+](=O)[O-])c1. The van der Waals surface area contributed by atoms with Crippen LogP contribution in [0.4, 0.5) is 5.69 Å². The predicted octanol–water partition coefficient (Wildman–Crippen LogP) is 1.62. The first-order valence-corrected chi connectivity index (χ1v) is 5.18. The number of aromatic nitrogens is 1. The summed E-state index contributed by atoms with van der Waals surface area (Å²) < 4.78 is 4.82. The molecule has 0 saturated carbocycles. The van der Waals surface area contributed by atoms with Gasteiger partial charge in [-0.2, -0.15) is 0 Å². The first kappa shape index (κ1) is 13.1. The Morgan fingerprint density at radius 3 is 3.00 bits per heavy atom. The third-order valence-corrected chi connectivity index (χ3v) is 2.11. The third-order valence-electron chi connectivity index (χ3n) is 2.11. The van der Waals surface area contributed by atoms with Crippen LogP contribution >= 0.6 is 0 Å². The third kappa shape index (κ3) is 3.84. The van der Waals surface area contributed by atoms with E-state index in [0.717, 1.165) is 13.0 Å². The van der Waals surface area contributed by atoms with Crippen LogP contribution in [0.15, 0.2) is 18.3 Å². The van der Waals surface area contributed by atoms with Crippen molar-refractivity contribution in [3.63, 3.8) is 0 Å². The van der Waals surface area contributed by atoms with E-state index in [1.54, 1.807) is 12.3 Å². The molecular weight excluding hydrogens is 222 g/mol. The summed E-state index contributed by atoms with van der Waals surface area (Å²) in [6.45, 7) is 0.863. The summed E-state index contributed by atoms with van der Waals surface area (Å²) in [6, 6.07) is 1.45. The van der Waals surface area contributed by atoms with Gasteiger partial charge in [-0.3, -0.25) is 10.1 Å². The van der Waals surface area contributed by atoms with Crippen LogP contribution in [0.3, 0.4) is 0 Å². The van der Waals surface area contributed by atoms with E-state index < -0.39 is 4.92 Å². The van der Waals surface area contributed by atoms with Gasteiger partial charge in [0.2, 0.25) is 0 Å². The van der Waals surface area contributed by atoms with Crippen molar-refractivity contribution in [3.8, 4) is 5.88 Å². The lowest BCUT2D eigenvalue weighted by Crippen LogP contribution is -2.05. The molecule has 0 fully saturated rings. The molecule has 6 nitrogen and oxygen atoms in total. The highest BCUT2D eigenvalue weighted by molar-refractivity contribution is 5.55. The van der Waals surface area contributed by atoms with E-state index in [1.165, 1.54) is 13.2 Å². The molecule has 0 unspecified atom stereocenters. The minimum atomic E-state index is -0.503. The molecule has 1 aromatic rings. The van der Waals surface area contributed by atoms with Crippen molar-refractivity contribution in [2.24, 2.45) is 0 Å². The van der Waals surface area contributed by atoms with Crippen LogP contribution in [-0.2, 0) is 0 Å². The van der Waals surface area contributed by atoms with Crippen LogP contribution < -0.4 is 10.1 Å². The predicted molar refractivity (Wildman–Crippen MR) is 65.0 cm³/mol. The number of rotatable bonds is 6. The minimum absolute atomic E-state index is 0.0300. The lowest BCUT2D eigenvalue weighted by molar-refractivity contribution is -0.386. The maximum Gasteiger partial charge on any atom is 0.331 e. The molecule has 17 heavy (non-hydrogen) atoms. The zero-order valence-electron chi connectivity index (χ0n) is 9.84. The second kappa shape index (κ2) is 6.59. The van der Waals surface area contributed by atoms with Crippen LogP contribution in [0.25, 0.3) is 6.08 Å². The molecule has 0 radical (unpaired) electrons. The van der Waals surface area contributed by atoms with Crippen molar-refractivity contribution in [1.29, 1.82) is 0 Å². The average Bonchev–Trinajstić information content (AvgIpc) is 2.34. The number of methoxy groups -OCH3 is 1. The molecule has 0 atom stereocenters. The molecule has 92 valence electrons. The highest BCUT2D eigenvalue weighted by Crippen LogP contribution is 2.24. The van der Waals surface area contributed by atoms with E-state index in [0.29, 0.717) is 5.56 Å². The molecule has 1 N–H and O–H groups in total. The Labute approximate surface area is 99.5 Å². The van der Waals surface area contributed by atoms with Gasteiger partial charge in [-0.05, 0) is 25.6 Å². The van der Waals surface area contributed by atoms with E-state index in [4.69, 9.17) is 4.74 Å². The lowest BCUT2D eigenvalue weighted by atomic mass is 10.2. The molecular formula is C11H15N3O3. The Bertz CT molecular complexity index is 418.